The van der Waals surface area contributed by atoms with Crippen molar-refractivity contribution in [2.45, 2.75) is 32.9 Å². The van der Waals surface area contributed by atoms with Gasteiger partial charge in [-0.3, -0.25) is 0 Å². The highest BCUT2D eigenvalue weighted by Crippen LogP contribution is 2.21. The van der Waals surface area contributed by atoms with E-state index in [9.17, 15) is 0 Å². The Morgan fingerprint density at radius 2 is 2.06 bits per heavy atom. The molecule has 1 rings (SSSR count). The van der Waals surface area contributed by atoms with Gasteiger partial charge in [0.1, 0.15) is 5.75 Å². The Morgan fingerprint density at radius 1 is 1.29 bits per heavy atom. The molecule has 0 amide bonds. The van der Waals surface area contributed by atoms with E-state index in [4.69, 9.17) is 9.47 Å². The third-order valence-corrected chi connectivity index (χ3v) is 2.54. The van der Waals surface area contributed by atoms with E-state index >= 15 is 0 Å². The molecule has 0 saturated carbocycles. The highest BCUT2D eigenvalue weighted by molar-refractivity contribution is 5.30. The Balaban J connectivity index is 2.73. The predicted octanol–water partition coefficient (Wildman–Crippen LogP) is 2.77. The highest BCUT2D eigenvalue weighted by Gasteiger charge is 2.12. The minimum Gasteiger partial charge on any atom is -0.497 e. The van der Waals surface area contributed by atoms with E-state index in [2.05, 4.69) is 25.2 Å². The number of nitrogens with one attached hydrogen (secondary N) is 1. The molecule has 0 radical (unpaired) electrons. The van der Waals surface area contributed by atoms with Crippen LogP contribution in [0, 0.1) is 0 Å². The van der Waals surface area contributed by atoms with Gasteiger partial charge >= 0.3 is 0 Å². The Kier molecular flexibility index (Phi) is 6.01. The van der Waals surface area contributed by atoms with Crippen molar-refractivity contribution in [1.29, 1.82) is 0 Å². The minimum atomic E-state index is 0.0810. The van der Waals surface area contributed by atoms with Crippen LogP contribution in [0.3, 0.4) is 0 Å². The van der Waals surface area contributed by atoms with E-state index in [1.54, 1.807) is 7.11 Å². The first-order chi connectivity index (χ1) is 8.17. The van der Waals surface area contributed by atoms with Crippen molar-refractivity contribution >= 4 is 0 Å². The van der Waals surface area contributed by atoms with Gasteiger partial charge in [-0.2, -0.15) is 0 Å². The van der Waals surface area contributed by atoms with Gasteiger partial charge in [0.2, 0.25) is 0 Å². The van der Waals surface area contributed by atoms with Gasteiger partial charge in [0.15, 0.2) is 0 Å². The van der Waals surface area contributed by atoms with E-state index in [1.165, 1.54) is 0 Å². The van der Waals surface area contributed by atoms with Crippen LogP contribution >= 0.6 is 0 Å². The maximum atomic E-state index is 5.76. The topological polar surface area (TPSA) is 30.5 Å². The molecular formula is C14H23NO2. The van der Waals surface area contributed by atoms with Crippen molar-refractivity contribution in [1.82, 2.24) is 5.32 Å². The number of hydrogen-bond donors (Lipinski definition) is 1. The average Bonchev–Trinajstić information content (AvgIpc) is 2.34. The molecule has 1 atom stereocenters. The molecular weight excluding hydrogens is 214 g/mol. The predicted molar refractivity (Wildman–Crippen MR) is 70.5 cm³/mol. The molecule has 1 aromatic rings. The first-order valence-corrected chi connectivity index (χ1v) is 6.16. The maximum absolute atomic E-state index is 5.76. The van der Waals surface area contributed by atoms with Gasteiger partial charge < -0.3 is 14.8 Å². The van der Waals surface area contributed by atoms with Crippen molar-refractivity contribution in [2.75, 3.05) is 20.3 Å². The van der Waals surface area contributed by atoms with Crippen LogP contribution in [0.4, 0.5) is 0 Å². The summed E-state index contributed by atoms with van der Waals surface area (Å²) in [4.78, 5) is 0. The fourth-order valence-electron chi connectivity index (χ4n) is 1.66. The van der Waals surface area contributed by atoms with E-state index in [0.29, 0.717) is 12.6 Å². The van der Waals surface area contributed by atoms with Gasteiger partial charge in [-0.15, -0.1) is 0 Å². The number of rotatable bonds is 7. The van der Waals surface area contributed by atoms with Gasteiger partial charge in [-0.25, -0.2) is 0 Å². The Morgan fingerprint density at radius 3 is 2.65 bits per heavy atom. The summed E-state index contributed by atoms with van der Waals surface area (Å²) in [5.74, 6) is 0.872. The van der Waals surface area contributed by atoms with Crippen molar-refractivity contribution in [3.05, 3.63) is 29.8 Å². The second-order valence-electron chi connectivity index (χ2n) is 4.28. The summed E-state index contributed by atoms with van der Waals surface area (Å²) >= 11 is 0. The second-order valence-corrected chi connectivity index (χ2v) is 4.28. The van der Waals surface area contributed by atoms with Crippen molar-refractivity contribution in [2.24, 2.45) is 0 Å². The number of hydrogen-bond acceptors (Lipinski definition) is 3. The van der Waals surface area contributed by atoms with E-state index in [1.807, 2.05) is 25.1 Å². The van der Waals surface area contributed by atoms with Gasteiger partial charge in [0, 0.05) is 19.2 Å². The average molecular weight is 237 g/mol. The van der Waals surface area contributed by atoms with E-state index in [0.717, 1.165) is 17.9 Å². The number of benzene rings is 1. The third kappa shape index (κ3) is 4.75. The molecule has 0 bridgehead atoms. The first-order valence-electron chi connectivity index (χ1n) is 6.16. The lowest BCUT2D eigenvalue weighted by molar-refractivity contribution is 0.0608. The maximum Gasteiger partial charge on any atom is 0.119 e. The molecule has 1 aromatic carbocycles. The van der Waals surface area contributed by atoms with Gasteiger partial charge in [-0.05, 0) is 24.6 Å². The van der Waals surface area contributed by atoms with Crippen LogP contribution < -0.4 is 10.1 Å². The van der Waals surface area contributed by atoms with Crippen LogP contribution in [0.1, 0.15) is 32.4 Å². The zero-order valence-corrected chi connectivity index (χ0v) is 11.2. The molecule has 0 aromatic heterocycles. The fourth-order valence-corrected chi connectivity index (χ4v) is 1.66. The molecule has 0 heterocycles. The SMILES string of the molecule is CCOC(CNC(C)C)c1cccc(OC)c1. The van der Waals surface area contributed by atoms with Gasteiger partial charge in [-0.1, -0.05) is 26.0 Å². The Bertz CT molecular complexity index is 326. The molecule has 0 spiro atoms. The van der Waals surface area contributed by atoms with Crippen LogP contribution in [0.15, 0.2) is 24.3 Å². The molecule has 3 heteroatoms. The van der Waals surface area contributed by atoms with Gasteiger partial charge in [0.05, 0.1) is 13.2 Å². The van der Waals surface area contributed by atoms with Crippen LogP contribution in [0.5, 0.6) is 5.75 Å². The first kappa shape index (κ1) is 14.0. The van der Waals surface area contributed by atoms with Crippen molar-refractivity contribution < 1.29 is 9.47 Å². The van der Waals surface area contributed by atoms with Crippen molar-refractivity contribution in [3.8, 4) is 5.75 Å². The molecule has 0 fully saturated rings. The summed E-state index contributed by atoms with van der Waals surface area (Å²) < 4.78 is 11.0. The van der Waals surface area contributed by atoms with E-state index < -0.39 is 0 Å². The number of ether oxygens (including phenoxy) is 2. The molecule has 1 unspecified atom stereocenters. The highest BCUT2D eigenvalue weighted by atomic mass is 16.5. The normalized spacial score (nSPS) is 12.8. The summed E-state index contributed by atoms with van der Waals surface area (Å²) in [7, 11) is 1.68. The standard InChI is InChI=1S/C14H23NO2/c1-5-17-14(10-15-11(2)3)12-7-6-8-13(9-12)16-4/h6-9,11,14-15H,5,10H2,1-4H3. The monoisotopic (exact) mass is 237 g/mol. The van der Waals surface area contributed by atoms with Gasteiger partial charge in [0.25, 0.3) is 0 Å². The molecule has 96 valence electrons. The zero-order valence-electron chi connectivity index (χ0n) is 11.2. The van der Waals surface area contributed by atoms with Crippen molar-refractivity contribution in [3.63, 3.8) is 0 Å². The van der Waals surface area contributed by atoms with Crippen LogP contribution in [-0.4, -0.2) is 26.3 Å². The molecule has 1 N–H and O–H groups in total. The third-order valence-electron chi connectivity index (χ3n) is 2.54. The summed E-state index contributed by atoms with van der Waals surface area (Å²) in [5.41, 5.74) is 1.15. The molecule has 0 saturated heterocycles. The summed E-state index contributed by atoms with van der Waals surface area (Å²) in [6.45, 7) is 7.81. The minimum absolute atomic E-state index is 0.0810. The summed E-state index contributed by atoms with van der Waals surface area (Å²) in [6, 6.07) is 8.51. The largest absolute Gasteiger partial charge is 0.497 e. The second kappa shape index (κ2) is 7.30. The Hall–Kier alpha value is -1.06. The summed E-state index contributed by atoms with van der Waals surface area (Å²) in [6.07, 6.45) is 0.0810. The lowest BCUT2D eigenvalue weighted by atomic mass is 10.1. The number of methoxy groups -OCH3 is 1. The van der Waals surface area contributed by atoms with Crippen LogP contribution in [-0.2, 0) is 4.74 Å². The Labute approximate surface area is 104 Å². The molecule has 0 aliphatic heterocycles. The lowest BCUT2D eigenvalue weighted by Gasteiger charge is -2.20. The molecule has 17 heavy (non-hydrogen) atoms. The molecule has 3 nitrogen and oxygen atoms in total. The summed E-state index contributed by atoms with van der Waals surface area (Å²) in [5, 5.41) is 3.40. The van der Waals surface area contributed by atoms with Crippen LogP contribution in [0.25, 0.3) is 0 Å². The molecule has 0 aliphatic rings. The zero-order chi connectivity index (χ0) is 12.7. The fraction of sp³-hybridized carbons (Fsp3) is 0.571. The van der Waals surface area contributed by atoms with E-state index in [-0.39, 0.29) is 6.10 Å². The smallest absolute Gasteiger partial charge is 0.119 e. The van der Waals surface area contributed by atoms with Crippen LogP contribution in [0.2, 0.25) is 0 Å². The quantitative estimate of drug-likeness (QED) is 0.791. The molecule has 0 aliphatic carbocycles. The lowest BCUT2D eigenvalue weighted by Crippen LogP contribution is -2.29.